The largest absolute Gasteiger partial charge is 0.458 e. The topological polar surface area (TPSA) is 43.4 Å². The van der Waals surface area contributed by atoms with E-state index in [-0.39, 0.29) is 22.4 Å². The number of ketones is 1. The Bertz CT molecular complexity index is 928. The average molecular weight is 393 g/mol. The van der Waals surface area contributed by atoms with Crippen LogP contribution in [0.15, 0.2) is 11.6 Å². The first-order chi connectivity index (χ1) is 13.8. The number of fused-ring (bicyclic) bond motifs is 12. The molecule has 3 heteroatoms. The van der Waals surface area contributed by atoms with E-state index in [1.165, 1.54) is 38.5 Å². The van der Waals surface area contributed by atoms with Gasteiger partial charge in [-0.3, -0.25) is 9.59 Å². The van der Waals surface area contributed by atoms with Crippen LogP contribution in [0.4, 0.5) is 0 Å². The lowest BCUT2D eigenvalue weighted by molar-refractivity contribution is -0.178. The molecule has 3 nitrogen and oxygen atoms in total. The lowest BCUT2D eigenvalue weighted by atomic mass is 9.42. The third-order valence-electron chi connectivity index (χ3n) is 12.2. The number of allylic oxidation sites excluding steroid dienone is 1. The minimum Gasteiger partial charge on any atom is -0.458 e. The molecule has 0 bridgehead atoms. The van der Waals surface area contributed by atoms with Gasteiger partial charge in [-0.2, -0.15) is 0 Å². The minimum atomic E-state index is -0.136. The SMILES string of the molecule is C[C@@]12C(=CC(=O)[C@@H]3CC31)C1(CC1)CC1C2CC[C@@]2(C)C1C1CC1[C@@]21CCC(=O)O1. The first-order valence-electron chi connectivity index (χ1n) is 12.3. The number of hydrogen-bond acceptors (Lipinski definition) is 3. The van der Waals surface area contributed by atoms with Crippen LogP contribution in [0.1, 0.15) is 71.6 Å². The molecule has 2 spiro atoms. The summed E-state index contributed by atoms with van der Waals surface area (Å²) in [5, 5.41) is 0. The molecule has 6 unspecified atom stereocenters. The van der Waals surface area contributed by atoms with Gasteiger partial charge < -0.3 is 4.74 Å². The van der Waals surface area contributed by atoms with Crippen molar-refractivity contribution < 1.29 is 14.3 Å². The highest BCUT2D eigenvalue weighted by Gasteiger charge is 2.81. The maximum Gasteiger partial charge on any atom is 0.306 e. The standard InChI is InChI=1S/C26H32O3/c1-23-5-3-16-15(22(23)14-10-18(14)26(23)6-4-21(28)29-26)12-25(7-8-25)20-11-19(27)13-9-17(13)24(16,20)2/h11,13-18,22H,3-10,12H2,1-2H3/t13-,14?,15?,16?,17?,18?,22?,23+,24+,26+/m1/s1. The zero-order valence-corrected chi connectivity index (χ0v) is 17.7. The number of hydrogen-bond donors (Lipinski definition) is 0. The van der Waals surface area contributed by atoms with Crippen molar-refractivity contribution in [2.45, 2.75) is 77.2 Å². The fourth-order valence-corrected chi connectivity index (χ4v) is 10.8. The van der Waals surface area contributed by atoms with Crippen LogP contribution in [-0.2, 0) is 14.3 Å². The molecule has 1 aliphatic heterocycles. The third-order valence-corrected chi connectivity index (χ3v) is 12.2. The van der Waals surface area contributed by atoms with Gasteiger partial charge in [0.15, 0.2) is 5.78 Å². The van der Waals surface area contributed by atoms with Crippen molar-refractivity contribution in [2.75, 3.05) is 0 Å². The molecule has 6 saturated carbocycles. The molecule has 7 fully saturated rings. The van der Waals surface area contributed by atoms with Gasteiger partial charge in [-0.15, -0.1) is 0 Å². The van der Waals surface area contributed by atoms with E-state index in [0.29, 0.717) is 35.4 Å². The molecular formula is C26H32O3. The molecule has 7 aliphatic carbocycles. The molecule has 29 heavy (non-hydrogen) atoms. The monoisotopic (exact) mass is 392 g/mol. The normalized spacial score (nSPS) is 61.9. The van der Waals surface area contributed by atoms with Crippen LogP contribution < -0.4 is 0 Å². The van der Waals surface area contributed by atoms with Crippen molar-refractivity contribution in [2.24, 2.45) is 57.7 Å². The second-order valence-electron chi connectivity index (χ2n) is 12.8. The van der Waals surface area contributed by atoms with Gasteiger partial charge in [0.25, 0.3) is 0 Å². The molecule has 0 amide bonds. The van der Waals surface area contributed by atoms with Crippen LogP contribution in [0.5, 0.6) is 0 Å². The summed E-state index contributed by atoms with van der Waals surface area (Å²) in [4.78, 5) is 24.9. The first-order valence-corrected chi connectivity index (χ1v) is 12.3. The van der Waals surface area contributed by atoms with Crippen molar-refractivity contribution in [3.05, 3.63) is 11.6 Å². The van der Waals surface area contributed by atoms with Crippen LogP contribution in [0.3, 0.4) is 0 Å². The Morgan fingerprint density at radius 3 is 2.52 bits per heavy atom. The van der Waals surface area contributed by atoms with E-state index in [2.05, 4.69) is 19.9 Å². The quantitative estimate of drug-likeness (QED) is 0.562. The molecule has 1 saturated heterocycles. The summed E-state index contributed by atoms with van der Waals surface area (Å²) in [7, 11) is 0. The molecule has 1 heterocycles. The van der Waals surface area contributed by atoms with E-state index in [4.69, 9.17) is 4.74 Å². The van der Waals surface area contributed by atoms with Crippen LogP contribution in [0, 0.1) is 57.7 Å². The Labute approximate surface area is 173 Å². The van der Waals surface area contributed by atoms with Gasteiger partial charge in [0.1, 0.15) is 5.60 Å². The predicted molar refractivity (Wildman–Crippen MR) is 107 cm³/mol. The molecular weight excluding hydrogens is 360 g/mol. The highest BCUT2D eigenvalue weighted by Crippen LogP contribution is 2.83. The van der Waals surface area contributed by atoms with Crippen molar-refractivity contribution in [3.63, 3.8) is 0 Å². The molecule has 8 rings (SSSR count). The van der Waals surface area contributed by atoms with Crippen molar-refractivity contribution in [1.29, 1.82) is 0 Å². The fraction of sp³-hybridized carbons (Fsp3) is 0.846. The summed E-state index contributed by atoms with van der Waals surface area (Å²) in [6, 6.07) is 0. The lowest BCUT2D eigenvalue weighted by Crippen LogP contribution is -2.58. The zero-order valence-electron chi connectivity index (χ0n) is 17.7. The molecule has 154 valence electrons. The summed E-state index contributed by atoms with van der Waals surface area (Å²) in [6.07, 6.45) is 12.6. The van der Waals surface area contributed by atoms with Gasteiger partial charge in [-0.25, -0.2) is 0 Å². The Kier molecular flexibility index (Phi) is 2.52. The molecule has 0 aromatic carbocycles. The highest BCUT2D eigenvalue weighted by molar-refractivity contribution is 5.96. The average Bonchev–Trinajstić information content (AvgIpc) is 3.57. The summed E-state index contributed by atoms with van der Waals surface area (Å²) in [6.45, 7) is 5.08. The Morgan fingerprint density at radius 2 is 1.79 bits per heavy atom. The Hall–Kier alpha value is -1.12. The van der Waals surface area contributed by atoms with Gasteiger partial charge >= 0.3 is 5.97 Å². The van der Waals surface area contributed by atoms with Crippen molar-refractivity contribution >= 4 is 11.8 Å². The Balaban J connectivity index is 1.26. The van der Waals surface area contributed by atoms with Crippen molar-refractivity contribution in [3.8, 4) is 0 Å². The number of rotatable bonds is 0. The maximum absolute atomic E-state index is 12.7. The third kappa shape index (κ3) is 1.57. The highest BCUT2D eigenvalue weighted by atomic mass is 16.6. The van der Waals surface area contributed by atoms with E-state index >= 15 is 0 Å². The fourth-order valence-electron chi connectivity index (χ4n) is 10.8. The number of ether oxygens (including phenoxy) is 1. The predicted octanol–water partition coefficient (Wildman–Crippen LogP) is 4.70. The Morgan fingerprint density at radius 1 is 0.966 bits per heavy atom. The summed E-state index contributed by atoms with van der Waals surface area (Å²) < 4.78 is 6.26. The lowest BCUT2D eigenvalue weighted by Gasteiger charge is -2.62. The zero-order chi connectivity index (χ0) is 19.6. The van der Waals surface area contributed by atoms with Crippen molar-refractivity contribution in [1.82, 2.24) is 0 Å². The van der Waals surface area contributed by atoms with Crippen LogP contribution >= 0.6 is 0 Å². The van der Waals surface area contributed by atoms with Crippen LogP contribution in [-0.4, -0.2) is 17.4 Å². The molecule has 8 aliphatic rings. The molecule has 0 radical (unpaired) electrons. The van der Waals surface area contributed by atoms with Gasteiger partial charge in [0.2, 0.25) is 0 Å². The molecule has 0 aromatic heterocycles. The van der Waals surface area contributed by atoms with Gasteiger partial charge in [-0.05, 0) is 97.9 Å². The maximum atomic E-state index is 12.7. The number of carbonyl (C=O) groups excluding carboxylic acids is 2. The van der Waals surface area contributed by atoms with Crippen LogP contribution in [0.25, 0.3) is 0 Å². The van der Waals surface area contributed by atoms with E-state index in [0.717, 1.165) is 36.5 Å². The molecule has 0 N–H and O–H groups in total. The van der Waals surface area contributed by atoms with E-state index in [9.17, 15) is 9.59 Å². The van der Waals surface area contributed by atoms with Crippen LogP contribution in [0.2, 0.25) is 0 Å². The second kappa shape index (κ2) is 4.41. The second-order valence-corrected chi connectivity index (χ2v) is 12.8. The van der Waals surface area contributed by atoms with E-state index in [1.54, 1.807) is 5.57 Å². The van der Waals surface area contributed by atoms with Gasteiger partial charge in [0, 0.05) is 23.7 Å². The number of carbonyl (C=O) groups is 2. The summed E-state index contributed by atoms with van der Waals surface area (Å²) in [5.74, 6) is 5.18. The van der Waals surface area contributed by atoms with E-state index < -0.39 is 0 Å². The van der Waals surface area contributed by atoms with E-state index in [1.807, 2.05) is 0 Å². The summed E-state index contributed by atoms with van der Waals surface area (Å²) >= 11 is 0. The molecule has 0 aromatic rings. The smallest absolute Gasteiger partial charge is 0.306 e. The first kappa shape index (κ1) is 16.6. The summed E-state index contributed by atoms with van der Waals surface area (Å²) in [5.41, 5.74) is 2.26. The number of esters is 1. The molecule has 10 atom stereocenters. The van der Waals surface area contributed by atoms with Gasteiger partial charge in [-0.1, -0.05) is 19.4 Å². The minimum absolute atomic E-state index is 0.0609. The van der Waals surface area contributed by atoms with Gasteiger partial charge in [0.05, 0.1) is 0 Å².